The smallest absolute Gasteiger partial charge is 0.316 e. The molecule has 2 aliphatic rings. The van der Waals surface area contributed by atoms with Gasteiger partial charge in [0.1, 0.15) is 5.56 Å². The second-order valence-corrected chi connectivity index (χ2v) is 5.04. The van der Waals surface area contributed by atoms with Crippen LogP contribution in [0.1, 0.15) is 23.6 Å². The number of alkyl halides is 3. The Hall–Kier alpha value is -1.01. The maximum atomic E-state index is 12.7. The second kappa shape index (κ2) is 4.83. The van der Waals surface area contributed by atoms with Crippen molar-refractivity contribution >= 4 is 12.4 Å². The molecule has 106 valence electrons. The number of rotatable bonds is 0. The lowest BCUT2D eigenvalue weighted by atomic mass is 9.84. The maximum Gasteiger partial charge on any atom is 0.421 e. The number of aromatic nitrogens is 1. The van der Waals surface area contributed by atoms with Crippen molar-refractivity contribution in [2.45, 2.75) is 25.1 Å². The molecule has 3 rings (SSSR count). The largest absolute Gasteiger partial charge is 0.421 e. The van der Waals surface area contributed by atoms with Crippen LogP contribution in [0.25, 0.3) is 0 Å². The van der Waals surface area contributed by atoms with Gasteiger partial charge in [-0.3, -0.25) is 4.79 Å². The summed E-state index contributed by atoms with van der Waals surface area (Å²) in [7, 11) is 0. The predicted octanol–water partition coefficient (Wildman–Crippen LogP) is 2.00. The van der Waals surface area contributed by atoms with Gasteiger partial charge >= 0.3 is 6.18 Å². The lowest BCUT2D eigenvalue weighted by molar-refractivity contribution is -0.139. The highest BCUT2D eigenvalue weighted by molar-refractivity contribution is 5.85. The van der Waals surface area contributed by atoms with E-state index in [9.17, 15) is 18.0 Å². The molecule has 1 saturated heterocycles. The zero-order valence-corrected chi connectivity index (χ0v) is 10.9. The van der Waals surface area contributed by atoms with Crippen molar-refractivity contribution < 1.29 is 13.2 Å². The number of piperidine rings is 1. The molecule has 0 amide bonds. The van der Waals surface area contributed by atoms with Crippen LogP contribution in [0, 0.1) is 5.92 Å². The molecule has 1 N–H and O–H groups in total. The number of fused-ring (bicyclic) bond motifs is 4. The monoisotopic (exact) mass is 294 g/mol. The van der Waals surface area contributed by atoms with Crippen molar-refractivity contribution in [2.24, 2.45) is 5.92 Å². The molecule has 0 spiro atoms. The van der Waals surface area contributed by atoms with E-state index in [-0.39, 0.29) is 24.2 Å². The Morgan fingerprint density at radius 3 is 2.68 bits per heavy atom. The van der Waals surface area contributed by atoms with Crippen LogP contribution in [0.2, 0.25) is 0 Å². The summed E-state index contributed by atoms with van der Waals surface area (Å²) < 4.78 is 39.4. The third-order valence-electron chi connectivity index (χ3n) is 3.81. The molecule has 1 aromatic heterocycles. The first-order chi connectivity index (χ1) is 8.47. The molecule has 7 heteroatoms. The minimum absolute atomic E-state index is 0. The summed E-state index contributed by atoms with van der Waals surface area (Å²) in [4.78, 5) is 11.9. The standard InChI is InChI=1S/C12H13F3N2O.ClH/c13-12(14,15)9-1-2-10-8-3-7(4-16-5-8)6-17(10)11(9)18;/h1-2,7-8,16H,3-6H2;1H. The summed E-state index contributed by atoms with van der Waals surface area (Å²) in [5.74, 6) is 0.421. The fourth-order valence-electron chi connectivity index (χ4n) is 3.01. The number of hydrogen-bond donors (Lipinski definition) is 1. The Balaban J connectivity index is 0.00000133. The SMILES string of the molecule is Cl.O=c1c(C(F)(F)F)ccc2n1CC1CNCC2C1. The van der Waals surface area contributed by atoms with Crippen molar-refractivity contribution in [3.63, 3.8) is 0 Å². The second-order valence-electron chi connectivity index (χ2n) is 5.04. The zero-order chi connectivity index (χ0) is 12.9. The van der Waals surface area contributed by atoms with Gasteiger partial charge in [-0.2, -0.15) is 13.2 Å². The Labute approximate surface area is 114 Å². The Kier molecular flexibility index (Phi) is 3.66. The maximum absolute atomic E-state index is 12.7. The van der Waals surface area contributed by atoms with E-state index in [0.29, 0.717) is 6.54 Å². The van der Waals surface area contributed by atoms with Gasteiger partial charge in [0.05, 0.1) is 0 Å². The van der Waals surface area contributed by atoms with Crippen LogP contribution in [0.15, 0.2) is 16.9 Å². The Morgan fingerprint density at radius 2 is 2.00 bits per heavy atom. The van der Waals surface area contributed by atoms with Crippen LogP contribution in [-0.4, -0.2) is 17.7 Å². The molecule has 0 aromatic carbocycles. The molecule has 2 unspecified atom stereocenters. The Morgan fingerprint density at radius 1 is 1.26 bits per heavy atom. The fourth-order valence-corrected chi connectivity index (χ4v) is 3.01. The lowest BCUT2D eigenvalue weighted by Crippen LogP contribution is -2.45. The van der Waals surface area contributed by atoms with Crippen molar-refractivity contribution in [3.05, 3.63) is 33.7 Å². The highest BCUT2D eigenvalue weighted by Crippen LogP contribution is 2.33. The molecular formula is C12H14ClF3N2O. The lowest BCUT2D eigenvalue weighted by Gasteiger charge is -2.37. The van der Waals surface area contributed by atoms with Gasteiger partial charge in [0.2, 0.25) is 0 Å². The van der Waals surface area contributed by atoms with Crippen molar-refractivity contribution in [2.75, 3.05) is 13.1 Å². The molecule has 0 saturated carbocycles. The van der Waals surface area contributed by atoms with Gasteiger partial charge in [-0.25, -0.2) is 0 Å². The Bertz CT molecular complexity index is 541. The van der Waals surface area contributed by atoms with Gasteiger partial charge in [0.25, 0.3) is 5.56 Å². The number of nitrogens with zero attached hydrogens (tertiary/aromatic N) is 1. The van der Waals surface area contributed by atoms with E-state index in [1.54, 1.807) is 0 Å². The molecule has 19 heavy (non-hydrogen) atoms. The van der Waals surface area contributed by atoms with Crippen LogP contribution in [-0.2, 0) is 12.7 Å². The van der Waals surface area contributed by atoms with Crippen LogP contribution in [0.5, 0.6) is 0 Å². The van der Waals surface area contributed by atoms with E-state index in [1.165, 1.54) is 10.6 Å². The average molecular weight is 295 g/mol. The first-order valence-electron chi connectivity index (χ1n) is 5.98. The average Bonchev–Trinajstić information content (AvgIpc) is 2.29. The number of nitrogens with one attached hydrogen (secondary N) is 1. The fraction of sp³-hybridized carbons (Fsp3) is 0.583. The van der Waals surface area contributed by atoms with Gasteiger partial charge in [-0.1, -0.05) is 0 Å². The molecular weight excluding hydrogens is 281 g/mol. The number of pyridine rings is 1. The van der Waals surface area contributed by atoms with Crippen LogP contribution in [0.3, 0.4) is 0 Å². The highest BCUT2D eigenvalue weighted by atomic mass is 35.5. The van der Waals surface area contributed by atoms with E-state index < -0.39 is 17.3 Å². The summed E-state index contributed by atoms with van der Waals surface area (Å²) >= 11 is 0. The van der Waals surface area contributed by atoms with E-state index in [4.69, 9.17) is 0 Å². The normalized spacial score (nSPS) is 25.4. The number of hydrogen-bond acceptors (Lipinski definition) is 2. The topological polar surface area (TPSA) is 34.0 Å². The summed E-state index contributed by atoms with van der Waals surface area (Å²) in [6.45, 7) is 1.90. The van der Waals surface area contributed by atoms with Crippen LogP contribution < -0.4 is 10.9 Å². The molecule has 2 atom stereocenters. The molecule has 0 aliphatic carbocycles. The first-order valence-corrected chi connectivity index (χ1v) is 5.98. The van der Waals surface area contributed by atoms with Gasteiger partial charge in [0.15, 0.2) is 0 Å². The highest BCUT2D eigenvalue weighted by Gasteiger charge is 2.37. The number of halogens is 4. The van der Waals surface area contributed by atoms with Crippen molar-refractivity contribution in [1.29, 1.82) is 0 Å². The third-order valence-corrected chi connectivity index (χ3v) is 3.81. The molecule has 2 aliphatic heterocycles. The van der Waals surface area contributed by atoms with Gasteiger partial charge in [-0.05, 0) is 31.0 Å². The molecule has 2 bridgehead atoms. The minimum Gasteiger partial charge on any atom is -0.316 e. The van der Waals surface area contributed by atoms with Crippen LogP contribution >= 0.6 is 12.4 Å². The van der Waals surface area contributed by atoms with Crippen molar-refractivity contribution in [1.82, 2.24) is 9.88 Å². The van der Waals surface area contributed by atoms with Gasteiger partial charge in [0, 0.05) is 24.7 Å². The molecule has 1 fully saturated rings. The predicted molar refractivity (Wildman–Crippen MR) is 66.7 cm³/mol. The summed E-state index contributed by atoms with van der Waals surface area (Å²) in [6, 6.07) is 2.38. The van der Waals surface area contributed by atoms with Gasteiger partial charge in [-0.15, -0.1) is 12.4 Å². The first kappa shape index (κ1) is 14.4. The molecule has 1 aromatic rings. The molecule has 0 radical (unpaired) electrons. The third kappa shape index (κ3) is 2.39. The van der Waals surface area contributed by atoms with E-state index in [2.05, 4.69) is 5.32 Å². The molecule has 3 nitrogen and oxygen atoms in total. The quantitative estimate of drug-likeness (QED) is 0.794. The van der Waals surface area contributed by atoms with Crippen LogP contribution in [0.4, 0.5) is 13.2 Å². The van der Waals surface area contributed by atoms with E-state index >= 15 is 0 Å². The summed E-state index contributed by atoms with van der Waals surface area (Å²) in [5.41, 5.74) is -1.22. The molecule has 3 heterocycles. The summed E-state index contributed by atoms with van der Waals surface area (Å²) in [6.07, 6.45) is -3.61. The van der Waals surface area contributed by atoms with E-state index in [1.807, 2.05) is 0 Å². The summed E-state index contributed by atoms with van der Waals surface area (Å²) in [5, 5.41) is 3.25. The minimum atomic E-state index is -4.57. The zero-order valence-electron chi connectivity index (χ0n) is 10.0. The van der Waals surface area contributed by atoms with Crippen molar-refractivity contribution in [3.8, 4) is 0 Å². The van der Waals surface area contributed by atoms with E-state index in [0.717, 1.165) is 31.3 Å². The van der Waals surface area contributed by atoms with Gasteiger partial charge < -0.3 is 9.88 Å².